The van der Waals surface area contributed by atoms with E-state index >= 15 is 0 Å². The standard InChI is InChI=1S/C20H23N5O2S/c1-24-16(11-15(22-24)17-5-3-9-28-17)20(26)25-8-2-4-13(12-25)10-18-21-19(23-27-18)14-6-7-14/h3,5,9,11,13-14H,2,4,6-8,10,12H2,1H3. The first-order chi connectivity index (χ1) is 13.7. The number of rotatable bonds is 5. The highest BCUT2D eigenvalue weighted by Gasteiger charge is 2.31. The van der Waals surface area contributed by atoms with Gasteiger partial charge in [0.1, 0.15) is 11.4 Å². The monoisotopic (exact) mass is 397 g/mol. The largest absolute Gasteiger partial charge is 0.339 e. The average molecular weight is 398 g/mol. The Morgan fingerprint density at radius 2 is 2.25 bits per heavy atom. The summed E-state index contributed by atoms with van der Waals surface area (Å²) >= 11 is 1.63. The van der Waals surface area contributed by atoms with Crippen molar-refractivity contribution in [2.45, 2.75) is 38.0 Å². The SMILES string of the molecule is Cn1nc(-c2cccs2)cc1C(=O)N1CCCC(Cc2nc(C3CC3)no2)C1. The van der Waals surface area contributed by atoms with Crippen molar-refractivity contribution in [2.24, 2.45) is 13.0 Å². The van der Waals surface area contributed by atoms with Crippen LogP contribution in [-0.4, -0.2) is 43.8 Å². The van der Waals surface area contributed by atoms with Gasteiger partial charge in [-0.15, -0.1) is 11.3 Å². The molecule has 7 nitrogen and oxygen atoms in total. The number of carbonyl (C=O) groups excluding carboxylic acids is 1. The number of hydrogen-bond acceptors (Lipinski definition) is 6. The molecule has 1 atom stereocenters. The Hall–Kier alpha value is -2.48. The molecule has 1 unspecified atom stereocenters. The van der Waals surface area contributed by atoms with Gasteiger partial charge in [-0.1, -0.05) is 11.2 Å². The summed E-state index contributed by atoms with van der Waals surface area (Å²) in [5.41, 5.74) is 1.49. The fourth-order valence-electron chi connectivity index (χ4n) is 3.90. The second kappa shape index (κ2) is 7.16. The van der Waals surface area contributed by atoms with Gasteiger partial charge in [0.2, 0.25) is 5.89 Å². The Bertz CT molecular complexity index is 973. The number of amides is 1. The minimum atomic E-state index is 0.0479. The van der Waals surface area contributed by atoms with E-state index in [9.17, 15) is 4.79 Å². The third kappa shape index (κ3) is 3.48. The summed E-state index contributed by atoms with van der Waals surface area (Å²) in [5.74, 6) is 2.47. The van der Waals surface area contributed by atoms with Crippen molar-refractivity contribution in [2.75, 3.05) is 13.1 Å². The summed E-state index contributed by atoms with van der Waals surface area (Å²) in [6.07, 6.45) is 5.16. The molecule has 3 aromatic rings. The van der Waals surface area contributed by atoms with Gasteiger partial charge in [0, 0.05) is 32.5 Å². The second-order valence-electron chi connectivity index (χ2n) is 7.80. The molecule has 0 N–H and O–H groups in total. The third-order valence-corrected chi connectivity index (χ3v) is 6.46. The molecule has 0 aromatic carbocycles. The zero-order chi connectivity index (χ0) is 19.1. The quantitative estimate of drug-likeness (QED) is 0.658. The first-order valence-corrected chi connectivity index (χ1v) is 10.7. The first-order valence-electron chi connectivity index (χ1n) is 9.87. The fourth-order valence-corrected chi connectivity index (χ4v) is 4.58. The van der Waals surface area contributed by atoms with Gasteiger partial charge in [0.25, 0.3) is 5.91 Å². The number of hydrogen-bond donors (Lipinski definition) is 0. The topological polar surface area (TPSA) is 77.1 Å². The normalized spacial score (nSPS) is 19.9. The van der Waals surface area contributed by atoms with Gasteiger partial charge in [-0.25, -0.2) is 0 Å². The fraction of sp³-hybridized carbons (Fsp3) is 0.500. The average Bonchev–Trinajstić information content (AvgIpc) is 3.10. The molecule has 1 saturated carbocycles. The smallest absolute Gasteiger partial charge is 0.272 e. The predicted molar refractivity (Wildman–Crippen MR) is 105 cm³/mol. The van der Waals surface area contributed by atoms with Crippen molar-refractivity contribution < 1.29 is 9.32 Å². The molecular weight excluding hydrogens is 374 g/mol. The molecule has 146 valence electrons. The van der Waals surface area contributed by atoms with Gasteiger partial charge in [-0.05, 0) is 49.1 Å². The molecule has 0 bridgehead atoms. The van der Waals surface area contributed by atoms with Crippen LogP contribution in [0.1, 0.15) is 53.8 Å². The van der Waals surface area contributed by atoms with Gasteiger partial charge >= 0.3 is 0 Å². The number of aromatic nitrogens is 4. The van der Waals surface area contributed by atoms with Gasteiger partial charge < -0.3 is 9.42 Å². The van der Waals surface area contributed by atoms with E-state index in [1.54, 1.807) is 16.0 Å². The van der Waals surface area contributed by atoms with Crippen molar-refractivity contribution in [3.63, 3.8) is 0 Å². The maximum Gasteiger partial charge on any atom is 0.272 e. The van der Waals surface area contributed by atoms with Crippen LogP contribution in [0.15, 0.2) is 28.1 Å². The van der Waals surface area contributed by atoms with Crippen LogP contribution in [0.2, 0.25) is 0 Å². The summed E-state index contributed by atoms with van der Waals surface area (Å²) in [5, 5.41) is 10.7. The Kier molecular flexibility index (Phi) is 4.50. The van der Waals surface area contributed by atoms with Crippen LogP contribution < -0.4 is 0 Å². The van der Waals surface area contributed by atoms with E-state index in [2.05, 4.69) is 15.2 Å². The van der Waals surface area contributed by atoms with Crippen LogP contribution >= 0.6 is 11.3 Å². The molecule has 0 radical (unpaired) electrons. The molecule has 1 amide bonds. The molecule has 2 fully saturated rings. The molecule has 3 aromatic heterocycles. The molecule has 8 heteroatoms. The highest BCUT2D eigenvalue weighted by atomic mass is 32.1. The van der Waals surface area contributed by atoms with E-state index in [-0.39, 0.29) is 5.91 Å². The van der Waals surface area contributed by atoms with E-state index in [1.807, 2.05) is 35.5 Å². The molecule has 2 aliphatic rings. The Morgan fingerprint density at radius 1 is 1.36 bits per heavy atom. The van der Waals surface area contributed by atoms with E-state index in [0.717, 1.165) is 48.7 Å². The summed E-state index contributed by atoms with van der Waals surface area (Å²) in [6.45, 7) is 1.51. The molecule has 0 spiro atoms. The minimum absolute atomic E-state index is 0.0479. The number of nitrogens with zero attached hydrogens (tertiary/aromatic N) is 5. The Balaban J connectivity index is 1.27. The maximum atomic E-state index is 13.1. The Morgan fingerprint density at radius 3 is 3.04 bits per heavy atom. The summed E-state index contributed by atoms with van der Waals surface area (Å²) in [4.78, 5) is 20.7. The van der Waals surface area contributed by atoms with Crippen molar-refractivity contribution in [3.05, 3.63) is 41.0 Å². The molecule has 1 saturated heterocycles. The van der Waals surface area contributed by atoms with Crippen LogP contribution in [0.5, 0.6) is 0 Å². The van der Waals surface area contributed by atoms with Gasteiger partial charge in [0.15, 0.2) is 5.82 Å². The van der Waals surface area contributed by atoms with Crippen LogP contribution in [0, 0.1) is 5.92 Å². The van der Waals surface area contributed by atoms with E-state index < -0.39 is 0 Å². The number of piperidine rings is 1. The zero-order valence-electron chi connectivity index (χ0n) is 15.9. The second-order valence-corrected chi connectivity index (χ2v) is 8.75. The molecule has 5 rings (SSSR count). The number of thiophene rings is 1. The molecular formula is C20H23N5O2S. The maximum absolute atomic E-state index is 13.1. The molecule has 1 aliphatic heterocycles. The lowest BCUT2D eigenvalue weighted by atomic mass is 9.94. The van der Waals surface area contributed by atoms with Gasteiger partial charge in [-0.2, -0.15) is 10.1 Å². The zero-order valence-corrected chi connectivity index (χ0v) is 16.7. The Labute approximate surface area is 167 Å². The first kappa shape index (κ1) is 17.6. The van der Waals surface area contributed by atoms with Gasteiger partial charge in [0.05, 0.1) is 4.88 Å². The van der Waals surface area contributed by atoms with Crippen LogP contribution in [-0.2, 0) is 13.5 Å². The minimum Gasteiger partial charge on any atom is -0.339 e. The number of likely N-dealkylation sites (tertiary alicyclic amines) is 1. The lowest BCUT2D eigenvalue weighted by Crippen LogP contribution is -2.41. The lowest BCUT2D eigenvalue weighted by Gasteiger charge is -2.32. The number of aryl methyl sites for hydroxylation is 1. The van der Waals surface area contributed by atoms with E-state index in [1.165, 1.54) is 12.8 Å². The molecule has 4 heterocycles. The van der Waals surface area contributed by atoms with E-state index in [0.29, 0.717) is 23.4 Å². The summed E-state index contributed by atoms with van der Waals surface area (Å²) < 4.78 is 7.13. The molecule has 28 heavy (non-hydrogen) atoms. The van der Waals surface area contributed by atoms with E-state index in [4.69, 9.17) is 4.52 Å². The summed E-state index contributed by atoms with van der Waals surface area (Å²) in [6, 6.07) is 5.92. The van der Waals surface area contributed by atoms with Crippen molar-refractivity contribution in [1.29, 1.82) is 0 Å². The highest BCUT2D eigenvalue weighted by Crippen LogP contribution is 2.38. The lowest BCUT2D eigenvalue weighted by molar-refractivity contribution is 0.0657. The highest BCUT2D eigenvalue weighted by molar-refractivity contribution is 7.13. The van der Waals surface area contributed by atoms with Crippen molar-refractivity contribution in [1.82, 2.24) is 24.8 Å². The van der Waals surface area contributed by atoms with Gasteiger partial charge in [-0.3, -0.25) is 9.48 Å². The van der Waals surface area contributed by atoms with Crippen LogP contribution in [0.3, 0.4) is 0 Å². The summed E-state index contributed by atoms with van der Waals surface area (Å²) in [7, 11) is 1.84. The predicted octanol–water partition coefficient (Wildman–Crippen LogP) is 3.50. The molecule has 1 aliphatic carbocycles. The van der Waals surface area contributed by atoms with Crippen LogP contribution in [0.25, 0.3) is 10.6 Å². The number of carbonyl (C=O) groups is 1. The third-order valence-electron chi connectivity index (χ3n) is 5.57. The van der Waals surface area contributed by atoms with Crippen molar-refractivity contribution in [3.8, 4) is 10.6 Å². The van der Waals surface area contributed by atoms with Crippen molar-refractivity contribution >= 4 is 17.2 Å². The van der Waals surface area contributed by atoms with Crippen LogP contribution in [0.4, 0.5) is 0 Å².